The van der Waals surface area contributed by atoms with Gasteiger partial charge in [-0.05, 0) is 12.0 Å². The van der Waals surface area contributed by atoms with Crippen LogP contribution in [0.3, 0.4) is 0 Å². The van der Waals surface area contributed by atoms with Gasteiger partial charge in [-0.25, -0.2) is 4.98 Å². The van der Waals surface area contributed by atoms with Crippen molar-refractivity contribution in [1.82, 2.24) is 4.98 Å². The molecule has 0 saturated carbocycles. The molecule has 0 bridgehead atoms. The van der Waals surface area contributed by atoms with Crippen molar-refractivity contribution in [3.05, 3.63) is 76.9 Å². The average Bonchev–Trinajstić information content (AvgIpc) is 3.00. The molecule has 0 N–H and O–H groups in total. The standard InChI is InChI=1S/C18H15NOS/c1-2-15-17(14-11-7-4-8-12-14)21-18(19-15)16(20)13-9-5-3-6-10-13/h3-12H,2H2,1H3. The van der Waals surface area contributed by atoms with Crippen molar-refractivity contribution in [3.8, 4) is 10.4 Å². The van der Waals surface area contributed by atoms with Crippen LogP contribution in [0.5, 0.6) is 0 Å². The van der Waals surface area contributed by atoms with Gasteiger partial charge in [-0.2, -0.15) is 0 Å². The fourth-order valence-electron chi connectivity index (χ4n) is 2.22. The van der Waals surface area contributed by atoms with Gasteiger partial charge >= 0.3 is 0 Å². The number of carbonyl (C=O) groups excluding carboxylic acids is 1. The molecule has 0 aliphatic heterocycles. The Morgan fingerprint density at radius 1 is 1.00 bits per heavy atom. The van der Waals surface area contributed by atoms with Crippen LogP contribution < -0.4 is 0 Å². The Morgan fingerprint density at radius 2 is 1.62 bits per heavy atom. The van der Waals surface area contributed by atoms with Crippen LogP contribution in [-0.2, 0) is 6.42 Å². The van der Waals surface area contributed by atoms with Crippen LogP contribution >= 0.6 is 11.3 Å². The highest BCUT2D eigenvalue weighted by molar-refractivity contribution is 7.17. The van der Waals surface area contributed by atoms with Gasteiger partial charge in [-0.15, -0.1) is 11.3 Å². The normalized spacial score (nSPS) is 10.5. The van der Waals surface area contributed by atoms with Gasteiger partial charge in [0.05, 0.1) is 10.6 Å². The summed E-state index contributed by atoms with van der Waals surface area (Å²) in [5.74, 6) is -0.00233. The molecule has 2 aromatic carbocycles. The quantitative estimate of drug-likeness (QED) is 0.658. The number of nitrogens with zero attached hydrogens (tertiary/aromatic N) is 1. The first kappa shape index (κ1) is 13.7. The molecule has 0 atom stereocenters. The molecule has 104 valence electrons. The molecule has 0 fully saturated rings. The van der Waals surface area contributed by atoms with Crippen LogP contribution in [0.4, 0.5) is 0 Å². The van der Waals surface area contributed by atoms with E-state index in [0.717, 1.165) is 22.6 Å². The van der Waals surface area contributed by atoms with Gasteiger partial charge in [-0.1, -0.05) is 67.6 Å². The Bertz CT molecular complexity index is 747. The minimum absolute atomic E-state index is 0.00233. The van der Waals surface area contributed by atoms with Crippen molar-refractivity contribution in [2.45, 2.75) is 13.3 Å². The van der Waals surface area contributed by atoms with Gasteiger partial charge < -0.3 is 0 Å². The molecule has 0 radical (unpaired) electrons. The van der Waals surface area contributed by atoms with Gasteiger partial charge in [0.25, 0.3) is 0 Å². The minimum atomic E-state index is -0.00233. The molecule has 21 heavy (non-hydrogen) atoms. The fourth-order valence-corrected chi connectivity index (χ4v) is 3.34. The molecule has 0 unspecified atom stereocenters. The molecule has 0 amide bonds. The van der Waals surface area contributed by atoms with Crippen molar-refractivity contribution < 1.29 is 4.79 Å². The maximum atomic E-state index is 12.5. The van der Waals surface area contributed by atoms with Crippen LogP contribution in [0.25, 0.3) is 10.4 Å². The molecule has 1 heterocycles. The summed E-state index contributed by atoms with van der Waals surface area (Å²) in [7, 11) is 0. The van der Waals surface area contributed by atoms with E-state index in [1.54, 1.807) is 0 Å². The Balaban J connectivity index is 2.02. The van der Waals surface area contributed by atoms with E-state index >= 15 is 0 Å². The average molecular weight is 293 g/mol. The summed E-state index contributed by atoms with van der Waals surface area (Å²) in [4.78, 5) is 18.2. The number of hydrogen-bond acceptors (Lipinski definition) is 3. The maximum Gasteiger partial charge on any atom is 0.221 e. The Kier molecular flexibility index (Phi) is 3.93. The fraction of sp³-hybridized carbons (Fsp3) is 0.111. The lowest BCUT2D eigenvalue weighted by atomic mass is 10.1. The molecular formula is C18H15NOS. The second-order valence-corrected chi connectivity index (χ2v) is 5.71. The highest BCUT2D eigenvalue weighted by atomic mass is 32.1. The van der Waals surface area contributed by atoms with Crippen molar-refractivity contribution in [2.75, 3.05) is 0 Å². The first-order valence-electron chi connectivity index (χ1n) is 6.94. The molecule has 0 saturated heterocycles. The SMILES string of the molecule is CCc1nc(C(=O)c2ccccc2)sc1-c1ccccc1. The van der Waals surface area contributed by atoms with Gasteiger partial charge in [-0.3, -0.25) is 4.79 Å². The van der Waals surface area contributed by atoms with Crippen LogP contribution in [-0.4, -0.2) is 10.8 Å². The third-order valence-corrected chi connectivity index (χ3v) is 4.44. The predicted octanol–water partition coefficient (Wildman–Crippen LogP) is 4.60. The van der Waals surface area contributed by atoms with E-state index in [2.05, 4.69) is 24.0 Å². The highest BCUT2D eigenvalue weighted by Gasteiger charge is 2.17. The van der Waals surface area contributed by atoms with Crippen LogP contribution in [0, 0.1) is 0 Å². The van der Waals surface area contributed by atoms with Crippen LogP contribution in [0.1, 0.15) is 28.0 Å². The molecule has 0 spiro atoms. The molecule has 3 heteroatoms. The monoisotopic (exact) mass is 293 g/mol. The summed E-state index contributed by atoms with van der Waals surface area (Å²) in [6.07, 6.45) is 0.822. The van der Waals surface area contributed by atoms with Crippen molar-refractivity contribution in [3.63, 3.8) is 0 Å². The summed E-state index contributed by atoms with van der Waals surface area (Å²) in [6, 6.07) is 19.4. The Labute approximate surface area is 128 Å². The van der Waals surface area contributed by atoms with E-state index in [1.165, 1.54) is 11.3 Å². The van der Waals surface area contributed by atoms with E-state index in [9.17, 15) is 4.79 Å². The summed E-state index contributed by atoms with van der Waals surface area (Å²) < 4.78 is 0. The number of carbonyl (C=O) groups is 1. The second kappa shape index (κ2) is 6.02. The van der Waals surface area contributed by atoms with Gasteiger partial charge in [0, 0.05) is 5.56 Å². The topological polar surface area (TPSA) is 30.0 Å². The lowest BCUT2D eigenvalue weighted by Gasteiger charge is -1.98. The Morgan fingerprint density at radius 3 is 2.24 bits per heavy atom. The summed E-state index contributed by atoms with van der Waals surface area (Å²) in [5.41, 5.74) is 2.80. The van der Waals surface area contributed by atoms with E-state index in [0.29, 0.717) is 10.6 Å². The third-order valence-electron chi connectivity index (χ3n) is 3.30. The highest BCUT2D eigenvalue weighted by Crippen LogP contribution is 2.31. The van der Waals surface area contributed by atoms with Crippen molar-refractivity contribution in [1.29, 1.82) is 0 Å². The smallest absolute Gasteiger partial charge is 0.221 e. The zero-order valence-corrected chi connectivity index (χ0v) is 12.6. The summed E-state index contributed by atoms with van der Waals surface area (Å²) >= 11 is 1.48. The largest absolute Gasteiger partial charge is 0.286 e. The third kappa shape index (κ3) is 2.78. The molecule has 3 aromatic rings. The summed E-state index contributed by atoms with van der Waals surface area (Å²) in [6.45, 7) is 2.07. The Hall–Kier alpha value is -2.26. The van der Waals surface area contributed by atoms with E-state index < -0.39 is 0 Å². The maximum absolute atomic E-state index is 12.5. The van der Waals surface area contributed by atoms with Crippen LogP contribution in [0.15, 0.2) is 60.7 Å². The van der Waals surface area contributed by atoms with Crippen LogP contribution in [0.2, 0.25) is 0 Å². The van der Waals surface area contributed by atoms with Crippen molar-refractivity contribution in [2.24, 2.45) is 0 Å². The second-order valence-electron chi connectivity index (χ2n) is 4.71. The zero-order chi connectivity index (χ0) is 14.7. The molecule has 1 aromatic heterocycles. The summed E-state index contributed by atoms with van der Waals surface area (Å²) in [5, 5.41) is 0.567. The van der Waals surface area contributed by atoms with E-state index in [-0.39, 0.29) is 5.78 Å². The number of aromatic nitrogens is 1. The lowest BCUT2D eigenvalue weighted by Crippen LogP contribution is -2.00. The number of thiazole rings is 1. The molecule has 0 aliphatic carbocycles. The molecular weight excluding hydrogens is 278 g/mol. The van der Waals surface area contributed by atoms with Gasteiger partial charge in [0.2, 0.25) is 5.78 Å². The number of hydrogen-bond donors (Lipinski definition) is 0. The first-order chi connectivity index (χ1) is 10.3. The number of benzene rings is 2. The molecule has 3 rings (SSSR count). The van der Waals surface area contributed by atoms with E-state index in [1.807, 2.05) is 48.5 Å². The number of ketones is 1. The zero-order valence-electron chi connectivity index (χ0n) is 11.7. The van der Waals surface area contributed by atoms with E-state index in [4.69, 9.17) is 0 Å². The molecule has 0 aliphatic rings. The predicted molar refractivity (Wildman–Crippen MR) is 86.8 cm³/mol. The first-order valence-corrected chi connectivity index (χ1v) is 7.76. The number of aryl methyl sites for hydroxylation is 1. The van der Waals surface area contributed by atoms with Gasteiger partial charge in [0.1, 0.15) is 0 Å². The molecule has 2 nitrogen and oxygen atoms in total. The number of rotatable bonds is 4. The minimum Gasteiger partial charge on any atom is -0.286 e. The van der Waals surface area contributed by atoms with Crippen molar-refractivity contribution >= 4 is 17.1 Å². The lowest BCUT2D eigenvalue weighted by molar-refractivity contribution is 0.103. The van der Waals surface area contributed by atoms with Gasteiger partial charge in [0.15, 0.2) is 5.01 Å².